The minimum atomic E-state index is -3.88. The zero-order valence-electron chi connectivity index (χ0n) is 20.7. The fourth-order valence-corrected chi connectivity index (χ4v) is 7.67. The molecule has 36 heavy (non-hydrogen) atoms. The maximum absolute atomic E-state index is 13.6. The molecule has 2 aliphatic rings. The number of piperidine rings is 1. The first-order valence-corrected chi connectivity index (χ1v) is 15.3. The van der Waals surface area contributed by atoms with Crippen LogP contribution in [-0.4, -0.2) is 63.7 Å². The lowest BCUT2D eigenvalue weighted by atomic mass is 10.0. The van der Waals surface area contributed by atoms with Crippen LogP contribution in [0.5, 0.6) is 0 Å². The summed E-state index contributed by atoms with van der Waals surface area (Å²) in [6.45, 7) is 6.38. The van der Waals surface area contributed by atoms with Crippen LogP contribution in [0.3, 0.4) is 0 Å². The number of anilines is 2. The van der Waals surface area contributed by atoms with Crippen LogP contribution >= 0.6 is 0 Å². The lowest BCUT2D eigenvalue weighted by Gasteiger charge is -2.38. The highest BCUT2D eigenvalue weighted by Gasteiger charge is 2.43. The minimum Gasteiger partial charge on any atom is -0.326 e. The smallest absolute Gasteiger partial charge is 0.261 e. The van der Waals surface area contributed by atoms with E-state index in [4.69, 9.17) is 0 Å². The molecule has 2 N–H and O–H groups in total. The van der Waals surface area contributed by atoms with Gasteiger partial charge in [0.25, 0.3) is 10.0 Å². The van der Waals surface area contributed by atoms with Crippen molar-refractivity contribution in [2.45, 2.75) is 67.8 Å². The zero-order chi connectivity index (χ0) is 25.9. The number of rotatable bonds is 10. The molecule has 0 unspecified atom stereocenters. The van der Waals surface area contributed by atoms with Crippen molar-refractivity contribution < 1.29 is 21.6 Å². The van der Waals surface area contributed by atoms with E-state index in [2.05, 4.69) is 21.9 Å². The average Bonchev–Trinajstić information content (AvgIpc) is 3.65. The van der Waals surface area contributed by atoms with E-state index in [-0.39, 0.29) is 33.5 Å². The van der Waals surface area contributed by atoms with Crippen molar-refractivity contribution in [3.8, 4) is 0 Å². The number of sulfonamides is 2. The molecule has 1 heterocycles. The lowest BCUT2D eigenvalue weighted by molar-refractivity contribution is -0.114. The summed E-state index contributed by atoms with van der Waals surface area (Å²) in [7, 11) is -7.57. The Morgan fingerprint density at radius 1 is 0.861 bits per heavy atom. The van der Waals surface area contributed by atoms with Crippen LogP contribution in [0.2, 0.25) is 0 Å². The summed E-state index contributed by atoms with van der Waals surface area (Å²) in [4.78, 5) is 13.8. The molecule has 11 heteroatoms. The Morgan fingerprint density at radius 2 is 1.39 bits per heavy atom. The van der Waals surface area contributed by atoms with Gasteiger partial charge in [-0.15, -0.1) is 0 Å². The van der Waals surface area contributed by atoms with Gasteiger partial charge >= 0.3 is 0 Å². The van der Waals surface area contributed by atoms with E-state index in [9.17, 15) is 21.6 Å². The molecule has 0 spiro atoms. The molecule has 0 atom stereocenters. The molecule has 1 aliphatic carbocycles. The van der Waals surface area contributed by atoms with Gasteiger partial charge < -0.3 is 10.2 Å². The second-order valence-corrected chi connectivity index (χ2v) is 13.0. The highest BCUT2D eigenvalue weighted by molar-refractivity contribution is 7.92. The predicted molar refractivity (Wildman–Crippen MR) is 140 cm³/mol. The Kier molecular flexibility index (Phi) is 8.03. The summed E-state index contributed by atoms with van der Waals surface area (Å²) in [5.41, 5.74) is 0.762. The van der Waals surface area contributed by atoms with Crippen LogP contribution in [0.1, 0.15) is 46.0 Å². The first-order chi connectivity index (χ1) is 17.1. The average molecular weight is 535 g/mol. The van der Waals surface area contributed by atoms with E-state index in [1.807, 2.05) is 0 Å². The number of nitrogens with zero attached hydrogens (tertiary/aromatic N) is 2. The van der Waals surface area contributed by atoms with Crippen molar-refractivity contribution in [2.24, 2.45) is 0 Å². The third-order valence-corrected chi connectivity index (χ3v) is 9.95. The molecule has 2 aromatic carbocycles. The summed E-state index contributed by atoms with van der Waals surface area (Å²) in [5.74, 6) is -0.249. The first-order valence-electron chi connectivity index (χ1n) is 12.4. The molecule has 4 rings (SSSR count). The van der Waals surface area contributed by atoms with Crippen LogP contribution < -0.4 is 10.0 Å². The SMILES string of the molecule is CCCN1CCC(N(C2CC2)S(=O)(=O)c2ccc(NS(=O)(=O)c3ccc(NC(C)=O)cc3)cc2)CC1. The number of nitrogens with one attached hydrogen (secondary N) is 2. The van der Waals surface area contributed by atoms with Crippen molar-refractivity contribution in [1.82, 2.24) is 9.21 Å². The summed E-state index contributed by atoms with van der Waals surface area (Å²) < 4.78 is 56.9. The summed E-state index contributed by atoms with van der Waals surface area (Å²) in [5, 5.41) is 2.59. The first kappa shape index (κ1) is 26.6. The monoisotopic (exact) mass is 534 g/mol. The fraction of sp³-hybridized carbons (Fsp3) is 0.480. The lowest BCUT2D eigenvalue weighted by Crippen LogP contribution is -2.48. The number of carbonyl (C=O) groups is 1. The highest BCUT2D eigenvalue weighted by Crippen LogP contribution is 2.37. The number of hydrogen-bond acceptors (Lipinski definition) is 6. The third kappa shape index (κ3) is 6.26. The Balaban J connectivity index is 1.46. The molecule has 0 bridgehead atoms. The van der Waals surface area contributed by atoms with E-state index >= 15 is 0 Å². The van der Waals surface area contributed by atoms with Gasteiger partial charge in [-0.2, -0.15) is 4.31 Å². The van der Waals surface area contributed by atoms with E-state index in [1.54, 1.807) is 4.31 Å². The van der Waals surface area contributed by atoms with E-state index in [0.29, 0.717) is 5.69 Å². The molecule has 2 aromatic rings. The van der Waals surface area contributed by atoms with Crippen molar-refractivity contribution >= 4 is 37.3 Å². The van der Waals surface area contributed by atoms with E-state index in [1.165, 1.54) is 55.5 Å². The van der Waals surface area contributed by atoms with Crippen molar-refractivity contribution in [2.75, 3.05) is 29.7 Å². The number of likely N-dealkylation sites (tertiary alicyclic amines) is 1. The zero-order valence-corrected chi connectivity index (χ0v) is 22.3. The Labute approximate surface area is 214 Å². The second kappa shape index (κ2) is 10.9. The molecule has 1 aliphatic heterocycles. The Bertz CT molecular complexity index is 1270. The van der Waals surface area contributed by atoms with Gasteiger partial charge in [-0.05, 0) is 100 Å². The van der Waals surface area contributed by atoms with E-state index in [0.717, 1.165) is 51.7 Å². The predicted octanol–water partition coefficient (Wildman–Crippen LogP) is 3.47. The van der Waals surface area contributed by atoms with Gasteiger partial charge in [0.05, 0.1) is 9.79 Å². The second-order valence-electron chi connectivity index (χ2n) is 9.47. The molecule has 1 amide bonds. The van der Waals surface area contributed by atoms with Gasteiger partial charge in [-0.3, -0.25) is 9.52 Å². The van der Waals surface area contributed by atoms with Crippen molar-refractivity contribution in [3.05, 3.63) is 48.5 Å². The minimum absolute atomic E-state index is 0.00533. The molecule has 0 radical (unpaired) electrons. The molecular weight excluding hydrogens is 500 g/mol. The molecule has 9 nitrogen and oxygen atoms in total. The molecule has 1 saturated carbocycles. The van der Waals surface area contributed by atoms with Gasteiger partial charge in [0.1, 0.15) is 0 Å². The topological polar surface area (TPSA) is 116 Å². The van der Waals surface area contributed by atoms with Crippen LogP contribution in [0.25, 0.3) is 0 Å². The normalized spacial score (nSPS) is 17.8. The van der Waals surface area contributed by atoms with Crippen molar-refractivity contribution in [1.29, 1.82) is 0 Å². The third-order valence-electron chi connectivity index (χ3n) is 6.53. The van der Waals surface area contributed by atoms with Gasteiger partial charge in [-0.25, -0.2) is 16.8 Å². The van der Waals surface area contributed by atoms with Gasteiger partial charge in [0, 0.05) is 30.4 Å². The molecule has 196 valence electrons. The summed E-state index contributed by atoms with van der Waals surface area (Å²) >= 11 is 0. The highest BCUT2D eigenvalue weighted by atomic mass is 32.2. The quantitative estimate of drug-likeness (QED) is 0.482. The number of amides is 1. The number of carbonyl (C=O) groups excluding carboxylic acids is 1. The Hall–Kier alpha value is -2.47. The maximum atomic E-state index is 13.6. The van der Waals surface area contributed by atoms with E-state index < -0.39 is 20.0 Å². The Morgan fingerprint density at radius 3 is 1.92 bits per heavy atom. The van der Waals surface area contributed by atoms with Crippen molar-refractivity contribution in [3.63, 3.8) is 0 Å². The standard InChI is InChI=1S/C25H34N4O5S2/c1-3-16-28-17-14-23(15-18-28)29(22-8-9-22)36(33,34)25-12-6-21(7-13-25)27-35(31,32)24-10-4-20(5-11-24)26-19(2)30/h4-7,10-13,22-23,27H,3,8-9,14-18H2,1-2H3,(H,26,30). The van der Waals surface area contributed by atoms with Gasteiger partial charge in [-0.1, -0.05) is 6.92 Å². The van der Waals surface area contributed by atoms with Crippen LogP contribution in [0.4, 0.5) is 11.4 Å². The molecule has 2 fully saturated rings. The largest absolute Gasteiger partial charge is 0.326 e. The van der Waals surface area contributed by atoms with Gasteiger partial charge in [0.15, 0.2) is 0 Å². The van der Waals surface area contributed by atoms with Gasteiger partial charge in [0.2, 0.25) is 15.9 Å². The van der Waals surface area contributed by atoms with Crippen LogP contribution in [0, 0.1) is 0 Å². The van der Waals surface area contributed by atoms with Crippen LogP contribution in [0.15, 0.2) is 58.3 Å². The summed E-state index contributed by atoms with van der Waals surface area (Å²) in [6, 6.07) is 11.7. The summed E-state index contributed by atoms with van der Waals surface area (Å²) in [6.07, 6.45) is 4.51. The molecular formula is C25H34N4O5S2. The number of benzene rings is 2. The van der Waals surface area contributed by atoms with Crippen LogP contribution in [-0.2, 0) is 24.8 Å². The molecule has 0 aromatic heterocycles. The number of hydrogen-bond donors (Lipinski definition) is 2. The molecule has 1 saturated heterocycles. The maximum Gasteiger partial charge on any atom is 0.261 e. The fourth-order valence-electron chi connectivity index (χ4n) is 4.68.